The molecule has 0 heterocycles. The summed E-state index contributed by atoms with van der Waals surface area (Å²) in [6.45, 7) is 3.14. The van der Waals surface area contributed by atoms with Crippen LogP contribution in [0.1, 0.15) is 0 Å². The van der Waals surface area contributed by atoms with Gasteiger partial charge in [-0.25, -0.2) is 0 Å². The summed E-state index contributed by atoms with van der Waals surface area (Å²) >= 11 is 0. The van der Waals surface area contributed by atoms with E-state index in [0.29, 0.717) is 0 Å². The van der Waals surface area contributed by atoms with Gasteiger partial charge in [-0.3, -0.25) is 0 Å². The van der Waals surface area contributed by atoms with E-state index in [9.17, 15) is 9.90 Å². The van der Waals surface area contributed by atoms with Gasteiger partial charge in [0.25, 0.3) is 0 Å². The standard InChI is InChI=1S/C4H7NO2/c1-2-3(5)4(6)7/h2-3H,1,5H2,(H,6,7)/p-1. The molecule has 0 bridgehead atoms. The van der Waals surface area contributed by atoms with Crippen LogP contribution in [0.2, 0.25) is 0 Å². The Morgan fingerprint density at radius 2 is 2.43 bits per heavy atom. The summed E-state index contributed by atoms with van der Waals surface area (Å²) in [7, 11) is 0. The Morgan fingerprint density at radius 3 is 2.43 bits per heavy atom. The predicted octanol–water partition coefficient (Wildman–Crippen LogP) is -1.75. The zero-order chi connectivity index (χ0) is 5.86. The fourth-order valence-corrected chi connectivity index (χ4v) is 0.0962. The number of aliphatic carboxylic acids is 1. The minimum absolute atomic E-state index is 1.03. The summed E-state index contributed by atoms with van der Waals surface area (Å²) in [5, 5.41) is 9.62. The van der Waals surface area contributed by atoms with Crippen LogP contribution in [0.4, 0.5) is 0 Å². The Balaban J connectivity index is 3.55. The van der Waals surface area contributed by atoms with Gasteiger partial charge in [0.1, 0.15) is 0 Å². The number of hydrogen-bond donors (Lipinski definition) is 1. The van der Waals surface area contributed by atoms with Crippen molar-refractivity contribution in [2.75, 3.05) is 0 Å². The van der Waals surface area contributed by atoms with Crippen molar-refractivity contribution in [3.8, 4) is 0 Å². The Labute approximate surface area is 41.4 Å². The normalized spacial score (nSPS) is 12.7. The molecule has 7 heavy (non-hydrogen) atoms. The molecule has 3 nitrogen and oxygen atoms in total. The highest BCUT2D eigenvalue weighted by Crippen LogP contribution is 1.71. The molecule has 0 amide bonds. The second-order valence-corrected chi connectivity index (χ2v) is 1.08. The van der Waals surface area contributed by atoms with Gasteiger partial charge in [-0.05, 0) is 0 Å². The van der Waals surface area contributed by atoms with Crippen molar-refractivity contribution in [1.82, 2.24) is 0 Å². The first-order chi connectivity index (χ1) is 3.18. The van der Waals surface area contributed by atoms with Crippen LogP contribution in [0.25, 0.3) is 0 Å². The zero-order valence-electron chi connectivity index (χ0n) is 3.76. The van der Waals surface area contributed by atoms with Crippen LogP contribution in [0.15, 0.2) is 12.7 Å². The van der Waals surface area contributed by atoms with E-state index >= 15 is 0 Å². The SMILES string of the molecule is C=CC(N)C(=O)[O-]. The maximum Gasteiger partial charge on any atom is 0.0626 e. The van der Waals surface area contributed by atoms with Gasteiger partial charge >= 0.3 is 0 Å². The van der Waals surface area contributed by atoms with Crippen LogP contribution in [0.3, 0.4) is 0 Å². The number of hydrogen-bond acceptors (Lipinski definition) is 3. The molecule has 0 rings (SSSR count). The molecule has 0 aliphatic rings. The van der Waals surface area contributed by atoms with Crippen LogP contribution in [-0.2, 0) is 4.79 Å². The molecule has 40 valence electrons. The highest BCUT2D eigenvalue weighted by atomic mass is 16.4. The fraction of sp³-hybridized carbons (Fsp3) is 0.250. The molecule has 0 aliphatic heterocycles. The molecule has 0 fully saturated rings. The Morgan fingerprint density at radius 1 is 2.00 bits per heavy atom. The Kier molecular flexibility index (Phi) is 2.08. The minimum atomic E-state index is -1.30. The van der Waals surface area contributed by atoms with E-state index in [-0.39, 0.29) is 0 Å². The molecule has 0 saturated carbocycles. The lowest BCUT2D eigenvalue weighted by Gasteiger charge is -2.03. The predicted molar refractivity (Wildman–Crippen MR) is 23.2 cm³/mol. The lowest BCUT2D eigenvalue weighted by Crippen LogP contribution is -2.40. The maximum atomic E-state index is 9.62. The average Bonchev–Trinajstić information content (AvgIpc) is 1.65. The summed E-state index contributed by atoms with van der Waals surface area (Å²) in [4.78, 5) is 9.62. The van der Waals surface area contributed by atoms with Crippen molar-refractivity contribution >= 4 is 5.97 Å². The van der Waals surface area contributed by atoms with E-state index in [1.165, 1.54) is 0 Å². The van der Waals surface area contributed by atoms with Crippen molar-refractivity contribution in [2.24, 2.45) is 5.73 Å². The van der Waals surface area contributed by atoms with Gasteiger partial charge in [-0.2, -0.15) is 0 Å². The minimum Gasteiger partial charge on any atom is -0.548 e. The van der Waals surface area contributed by atoms with Gasteiger partial charge in [0.2, 0.25) is 0 Å². The van der Waals surface area contributed by atoms with Gasteiger partial charge in [-0.15, -0.1) is 6.58 Å². The molecule has 2 N–H and O–H groups in total. The van der Waals surface area contributed by atoms with Crippen molar-refractivity contribution in [1.29, 1.82) is 0 Å². The first kappa shape index (κ1) is 6.17. The Hall–Kier alpha value is -0.830. The summed E-state index contributed by atoms with van der Waals surface area (Å²) in [5.74, 6) is -1.30. The number of carbonyl (C=O) groups is 1. The number of carboxylic acids is 1. The molecule has 0 saturated heterocycles. The molecule has 1 unspecified atom stereocenters. The Bertz CT molecular complexity index is 89.7. The van der Waals surface area contributed by atoms with E-state index in [2.05, 4.69) is 6.58 Å². The molecule has 0 spiro atoms. The average molecular weight is 100 g/mol. The van der Waals surface area contributed by atoms with Crippen LogP contribution >= 0.6 is 0 Å². The number of carbonyl (C=O) groups excluding carboxylic acids is 1. The van der Waals surface area contributed by atoms with Gasteiger partial charge in [0.15, 0.2) is 0 Å². The number of carboxylic acid groups (broad SMARTS) is 1. The highest BCUT2D eigenvalue weighted by Gasteiger charge is 1.91. The van der Waals surface area contributed by atoms with Crippen LogP contribution < -0.4 is 10.8 Å². The van der Waals surface area contributed by atoms with Gasteiger partial charge in [0, 0.05) is 0 Å². The van der Waals surface area contributed by atoms with Crippen LogP contribution in [0, 0.1) is 0 Å². The van der Waals surface area contributed by atoms with E-state index in [0.717, 1.165) is 6.08 Å². The molecule has 0 radical (unpaired) electrons. The second-order valence-electron chi connectivity index (χ2n) is 1.08. The molecule has 0 aromatic rings. The van der Waals surface area contributed by atoms with Gasteiger partial charge < -0.3 is 15.6 Å². The van der Waals surface area contributed by atoms with E-state index in [1.807, 2.05) is 0 Å². The smallest absolute Gasteiger partial charge is 0.0626 e. The summed E-state index contributed by atoms with van der Waals surface area (Å²) in [5.41, 5.74) is 4.84. The quantitative estimate of drug-likeness (QED) is 0.418. The van der Waals surface area contributed by atoms with Crippen molar-refractivity contribution in [2.45, 2.75) is 6.04 Å². The van der Waals surface area contributed by atoms with Crippen molar-refractivity contribution in [3.05, 3.63) is 12.7 Å². The molecule has 0 aromatic carbocycles. The summed E-state index contributed by atoms with van der Waals surface area (Å²) in [6, 6.07) is -1.03. The topological polar surface area (TPSA) is 66.2 Å². The third kappa shape index (κ3) is 1.94. The van der Waals surface area contributed by atoms with E-state index in [1.54, 1.807) is 0 Å². The zero-order valence-corrected chi connectivity index (χ0v) is 3.76. The first-order valence-corrected chi connectivity index (χ1v) is 1.77. The second kappa shape index (κ2) is 2.36. The monoisotopic (exact) mass is 100 g/mol. The van der Waals surface area contributed by atoms with Crippen LogP contribution in [0.5, 0.6) is 0 Å². The number of nitrogens with two attached hydrogens (primary N) is 1. The van der Waals surface area contributed by atoms with Crippen LogP contribution in [-0.4, -0.2) is 12.0 Å². The third-order valence-corrected chi connectivity index (χ3v) is 0.526. The third-order valence-electron chi connectivity index (χ3n) is 0.526. The van der Waals surface area contributed by atoms with Crippen molar-refractivity contribution in [3.63, 3.8) is 0 Å². The first-order valence-electron chi connectivity index (χ1n) is 1.77. The molecular weight excluding hydrogens is 94.0 g/mol. The highest BCUT2D eigenvalue weighted by molar-refractivity contribution is 5.72. The lowest BCUT2D eigenvalue weighted by molar-refractivity contribution is -0.306. The fourth-order valence-electron chi connectivity index (χ4n) is 0.0962. The molecule has 0 aromatic heterocycles. The molecule has 0 aliphatic carbocycles. The maximum absolute atomic E-state index is 9.62. The van der Waals surface area contributed by atoms with E-state index in [4.69, 9.17) is 5.73 Å². The van der Waals surface area contributed by atoms with Crippen molar-refractivity contribution < 1.29 is 9.90 Å². The molecule has 3 heteroatoms. The summed E-state index contributed by atoms with van der Waals surface area (Å²) in [6.07, 6.45) is 1.11. The number of rotatable bonds is 2. The molecular formula is C4H6NO2-. The van der Waals surface area contributed by atoms with Gasteiger partial charge in [0.05, 0.1) is 12.0 Å². The van der Waals surface area contributed by atoms with E-state index < -0.39 is 12.0 Å². The molecule has 1 atom stereocenters. The lowest BCUT2D eigenvalue weighted by atomic mass is 10.3. The largest absolute Gasteiger partial charge is 0.548 e. The summed E-state index contributed by atoms with van der Waals surface area (Å²) < 4.78 is 0. The van der Waals surface area contributed by atoms with Gasteiger partial charge in [-0.1, -0.05) is 6.08 Å².